The normalized spacial score (nSPS) is 29.1. The van der Waals surface area contributed by atoms with Crippen LogP contribution in [0.1, 0.15) is 23.3 Å². The molecule has 6 nitrogen and oxygen atoms in total. The molecule has 0 aliphatic carbocycles. The molecule has 86 valence electrons. The summed E-state index contributed by atoms with van der Waals surface area (Å²) in [7, 11) is 0. The number of likely N-dealkylation sites (tertiary alicyclic amines) is 1. The molecular formula is C10H15N5O. The summed E-state index contributed by atoms with van der Waals surface area (Å²) in [6.45, 7) is 2.79. The van der Waals surface area contributed by atoms with Crippen LogP contribution in [0.25, 0.3) is 0 Å². The van der Waals surface area contributed by atoms with Gasteiger partial charge in [0.25, 0.3) is 5.91 Å². The first-order chi connectivity index (χ1) is 7.86. The Labute approximate surface area is 93.4 Å². The molecule has 1 amide bonds. The molecule has 2 aliphatic rings. The van der Waals surface area contributed by atoms with Gasteiger partial charge in [0.1, 0.15) is 0 Å². The Hall–Kier alpha value is -1.43. The average Bonchev–Trinajstić information content (AvgIpc) is 2.98. The number of H-pyrrole nitrogens is 1. The predicted octanol–water partition coefficient (Wildman–Crippen LogP) is -0.371. The summed E-state index contributed by atoms with van der Waals surface area (Å²) in [5.41, 5.74) is 0.424. The maximum Gasteiger partial charge on any atom is 0.276 e. The first-order valence-electron chi connectivity index (χ1n) is 5.74. The van der Waals surface area contributed by atoms with Gasteiger partial charge in [0.2, 0.25) is 0 Å². The number of nitrogens with zero attached hydrogens (tertiary/aromatic N) is 3. The first-order valence-corrected chi connectivity index (χ1v) is 5.74. The first kappa shape index (κ1) is 9.77. The van der Waals surface area contributed by atoms with Gasteiger partial charge in [-0.05, 0) is 18.8 Å². The van der Waals surface area contributed by atoms with E-state index in [0.717, 1.165) is 26.1 Å². The second-order valence-electron chi connectivity index (χ2n) is 4.48. The number of aromatic nitrogens is 3. The topological polar surface area (TPSA) is 73.9 Å². The maximum absolute atomic E-state index is 12.2. The quantitative estimate of drug-likeness (QED) is 0.678. The Bertz CT molecular complexity index is 377. The average molecular weight is 221 g/mol. The van der Waals surface area contributed by atoms with Crippen LogP contribution in [0, 0.1) is 5.92 Å². The van der Waals surface area contributed by atoms with E-state index in [1.54, 1.807) is 0 Å². The summed E-state index contributed by atoms with van der Waals surface area (Å²) >= 11 is 0. The number of carbonyl (C=O) groups excluding carboxylic acids is 1. The minimum Gasteiger partial charge on any atom is -0.333 e. The molecule has 2 N–H and O–H groups in total. The molecule has 16 heavy (non-hydrogen) atoms. The SMILES string of the molecule is O=C(c1cn[nH]n1)N1CCCC2CNCC21. The van der Waals surface area contributed by atoms with Crippen LogP contribution in [0.3, 0.4) is 0 Å². The van der Waals surface area contributed by atoms with Gasteiger partial charge >= 0.3 is 0 Å². The predicted molar refractivity (Wildman–Crippen MR) is 56.8 cm³/mol. The number of aromatic amines is 1. The summed E-state index contributed by atoms with van der Waals surface area (Å²) in [6, 6.07) is 0.345. The molecule has 2 fully saturated rings. The maximum atomic E-state index is 12.2. The monoisotopic (exact) mass is 221 g/mol. The van der Waals surface area contributed by atoms with Gasteiger partial charge in [-0.3, -0.25) is 4.79 Å². The van der Waals surface area contributed by atoms with Crippen LogP contribution < -0.4 is 5.32 Å². The van der Waals surface area contributed by atoms with Gasteiger partial charge < -0.3 is 10.2 Å². The molecule has 0 aromatic carbocycles. The third-order valence-electron chi connectivity index (χ3n) is 3.57. The number of rotatable bonds is 1. The fraction of sp³-hybridized carbons (Fsp3) is 0.700. The number of piperidine rings is 1. The molecule has 0 bridgehead atoms. The highest BCUT2D eigenvalue weighted by molar-refractivity contribution is 5.92. The zero-order valence-corrected chi connectivity index (χ0v) is 9.02. The number of carbonyl (C=O) groups is 1. The number of hydrogen-bond acceptors (Lipinski definition) is 4. The Morgan fingerprint density at radius 3 is 3.25 bits per heavy atom. The Kier molecular flexibility index (Phi) is 2.36. The van der Waals surface area contributed by atoms with Gasteiger partial charge in [-0.25, -0.2) is 0 Å². The largest absolute Gasteiger partial charge is 0.333 e. The van der Waals surface area contributed by atoms with E-state index in [9.17, 15) is 4.79 Å². The lowest BCUT2D eigenvalue weighted by Gasteiger charge is -2.36. The molecule has 3 rings (SSSR count). The van der Waals surface area contributed by atoms with Crippen molar-refractivity contribution in [3.8, 4) is 0 Å². The fourth-order valence-corrected chi connectivity index (χ4v) is 2.77. The van der Waals surface area contributed by atoms with Crippen molar-refractivity contribution in [2.45, 2.75) is 18.9 Å². The zero-order chi connectivity index (χ0) is 11.0. The molecule has 2 saturated heterocycles. The van der Waals surface area contributed by atoms with Crippen LogP contribution in [-0.4, -0.2) is 51.9 Å². The summed E-state index contributed by atoms with van der Waals surface area (Å²) < 4.78 is 0. The zero-order valence-electron chi connectivity index (χ0n) is 9.02. The molecule has 0 radical (unpaired) electrons. The summed E-state index contributed by atoms with van der Waals surface area (Å²) in [5.74, 6) is 0.622. The van der Waals surface area contributed by atoms with Gasteiger partial charge in [-0.15, -0.1) is 0 Å². The van der Waals surface area contributed by atoms with Crippen LogP contribution in [0.5, 0.6) is 0 Å². The summed E-state index contributed by atoms with van der Waals surface area (Å²) in [6.07, 6.45) is 3.81. The van der Waals surface area contributed by atoms with Crippen molar-refractivity contribution < 1.29 is 4.79 Å². The van der Waals surface area contributed by atoms with Crippen molar-refractivity contribution in [1.82, 2.24) is 25.6 Å². The van der Waals surface area contributed by atoms with Crippen LogP contribution in [0.4, 0.5) is 0 Å². The number of nitrogens with one attached hydrogen (secondary N) is 2. The molecule has 0 spiro atoms. The third kappa shape index (κ3) is 1.49. The van der Waals surface area contributed by atoms with E-state index in [4.69, 9.17) is 0 Å². The highest BCUT2D eigenvalue weighted by Gasteiger charge is 2.38. The molecule has 0 saturated carbocycles. The minimum atomic E-state index is 0.00662. The standard InChI is InChI=1S/C10H15N5O/c16-10(8-5-12-14-13-8)15-3-1-2-7-4-11-6-9(7)15/h5,7,9,11H,1-4,6H2,(H,12,13,14). The Morgan fingerprint density at radius 1 is 1.50 bits per heavy atom. The second-order valence-corrected chi connectivity index (χ2v) is 4.48. The molecule has 1 aromatic rings. The van der Waals surface area contributed by atoms with Gasteiger partial charge in [-0.1, -0.05) is 0 Å². The van der Waals surface area contributed by atoms with Gasteiger partial charge in [0.05, 0.1) is 6.20 Å². The van der Waals surface area contributed by atoms with E-state index in [2.05, 4.69) is 20.7 Å². The fourth-order valence-electron chi connectivity index (χ4n) is 2.77. The van der Waals surface area contributed by atoms with Gasteiger partial charge in [-0.2, -0.15) is 15.4 Å². The van der Waals surface area contributed by atoms with E-state index in [0.29, 0.717) is 17.7 Å². The smallest absolute Gasteiger partial charge is 0.276 e. The van der Waals surface area contributed by atoms with Crippen LogP contribution in [-0.2, 0) is 0 Å². The van der Waals surface area contributed by atoms with Crippen LogP contribution in [0.2, 0.25) is 0 Å². The van der Waals surface area contributed by atoms with Crippen molar-refractivity contribution in [1.29, 1.82) is 0 Å². The second kappa shape index (κ2) is 3.86. The molecule has 1 aromatic heterocycles. The van der Waals surface area contributed by atoms with E-state index in [1.165, 1.54) is 12.6 Å². The Balaban J connectivity index is 1.80. The van der Waals surface area contributed by atoms with Crippen molar-refractivity contribution in [3.05, 3.63) is 11.9 Å². The van der Waals surface area contributed by atoms with Crippen molar-refractivity contribution in [2.75, 3.05) is 19.6 Å². The lowest BCUT2D eigenvalue weighted by molar-refractivity contribution is 0.0568. The lowest BCUT2D eigenvalue weighted by Crippen LogP contribution is -2.48. The van der Waals surface area contributed by atoms with Crippen molar-refractivity contribution >= 4 is 5.91 Å². The summed E-state index contributed by atoms with van der Waals surface area (Å²) in [4.78, 5) is 14.1. The van der Waals surface area contributed by atoms with Gasteiger partial charge in [0, 0.05) is 25.7 Å². The summed E-state index contributed by atoms with van der Waals surface area (Å²) in [5, 5.41) is 13.4. The minimum absolute atomic E-state index is 0.00662. The molecule has 6 heteroatoms. The molecule has 2 aliphatic heterocycles. The molecule has 2 unspecified atom stereocenters. The number of fused-ring (bicyclic) bond motifs is 1. The van der Waals surface area contributed by atoms with Crippen molar-refractivity contribution in [3.63, 3.8) is 0 Å². The third-order valence-corrected chi connectivity index (χ3v) is 3.57. The molecule has 2 atom stereocenters. The van der Waals surface area contributed by atoms with Crippen molar-refractivity contribution in [2.24, 2.45) is 5.92 Å². The van der Waals surface area contributed by atoms with E-state index in [1.807, 2.05) is 4.90 Å². The van der Waals surface area contributed by atoms with Crippen LogP contribution in [0.15, 0.2) is 6.20 Å². The van der Waals surface area contributed by atoms with E-state index >= 15 is 0 Å². The van der Waals surface area contributed by atoms with E-state index in [-0.39, 0.29) is 5.91 Å². The molecular weight excluding hydrogens is 206 g/mol. The lowest BCUT2D eigenvalue weighted by atomic mass is 9.92. The Morgan fingerprint density at radius 2 is 2.44 bits per heavy atom. The number of amides is 1. The number of hydrogen-bond donors (Lipinski definition) is 2. The van der Waals surface area contributed by atoms with E-state index < -0.39 is 0 Å². The van der Waals surface area contributed by atoms with Crippen LogP contribution >= 0.6 is 0 Å². The highest BCUT2D eigenvalue weighted by atomic mass is 16.2. The highest BCUT2D eigenvalue weighted by Crippen LogP contribution is 2.27. The molecule has 3 heterocycles. The van der Waals surface area contributed by atoms with Gasteiger partial charge in [0.15, 0.2) is 5.69 Å².